The van der Waals surface area contributed by atoms with Crippen LogP contribution >= 0.6 is 22.7 Å². The number of hydrogen-bond acceptors (Lipinski definition) is 6. The Kier molecular flexibility index (Phi) is 3.86. The van der Waals surface area contributed by atoms with E-state index < -0.39 is 0 Å². The number of nitrogens with one attached hydrogen (secondary N) is 2. The van der Waals surface area contributed by atoms with Gasteiger partial charge >= 0.3 is 0 Å². The van der Waals surface area contributed by atoms with Crippen LogP contribution in [0, 0.1) is 0 Å². The summed E-state index contributed by atoms with van der Waals surface area (Å²) in [5.74, 6) is -0.0375. The molecule has 0 aliphatic carbocycles. The molecule has 2 aromatic heterocycles. The molecule has 100 valence electrons. The molecule has 0 spiro atoms. The van der Waals surface area contributed by atoms with Gasteiger partial charge in [0.15, 0.2) is 0 Å². The van der Waals surface area contributed by atoms with Crippen LogP contribution in [0.2, 0.25) is 0 Å². The van der Waals surface area contributed by atoms with E-state index in [2.05, 4.69) is 20.8 Å². The molecule has 19 heavy (non-hydrogen) atoms. The Morgan fingerprint density at radius 1 is 1.53 bits per heavy atom. The average Bonchev–Trinajstić information content (AvgIpc) is 3.09. The first-order valence-electron chi connectivity index (χ1n) is 6.20. The van der Waals surface area contributed by atoms with Gasteiger partial charge in [-0.25, -0.2) is 0 Å². The number of amides is 1. The first-order valence-corrected chi connectivity index (χ1v) is 7.90. The minimum Gasteiger partial charge on any atom is -0.308 e. The molecule has 2 aromatic rings. The fourth-order valence-corrected chi connectivity index (χ4v) is 3.63. The second kappa shape index (κ2) is 5.77. The molecule has 1 unspecified atom stereocenters. The number of hydrogen-bond donors (Lipinski definition) is 2. The molecule has 0 aromatic carbocycles. The highest BCUT2D eigenvalue weighted by atomic mass is 32.1. The third kappa shape index (κ3) is 3.17. The number of carbonyl (C=O) groups is 1. The van der Waals surface area contributed by atoms with Crippen LogP contribution in [0.25, 0.3) is 0 Å². The topological polar surface area (TPSA) is 66.9 Å². The van der Waals surface area contributed by atoms with E-state index in [1.807, 2.05) is 17.5 Å². The number of thiophene rings is 1. The Balaban J connectivity index is 1.59. The van der Waals surface area contributed by atoms with Gasteiger partial charge in [-0.2, -0.15) is 0 Å². The van der Waals surface area contributed by atoms with Crippen LogP contribution in [0.4, 0.5) is 5.13 Å². The Morgan fingerprint density at radius 2 is 2.47 bits per heavy atom. The standard InChI is InChI=1S/C12H14N4OS2/c17-10(7-8-3-2-6-18-8)14-12-16-15-11(19-12)9-4-1-5-13-9/h2-3,6,9,13H,1,4-5,7H2,(H,14,16,17). The maximum absolute atomic E-state index is 11.8. The second-order valence-electron chi connectivity index (χ2n) is 4.40. The summed E-state index contributed by atoms with van der Waals surface area (Å²) in [6, 6.07) is 4.21. The first-order chi connectivity index (χ1) is 9.31. The van der Waals surface area contributed by atoms with Gasteiger partial charge in [-0.15, -0.1) is 21.5 Å². The fraction of sp³-hybridized carbons (Fsp3) is 0.417. The summed E-state index contributed by atoms with van der Waals surface area (Å²) in [5.41, 5.74) is 0. The van der Waals surface area contributed by atoms with Crippen molar-refractivity contribution in [3.63, 3.8) is 0 Å². The minimum atomic E-state index is -0.0375. The van der Waals surface area contributed by atoms with Crippen molar-refractivity contribution < 1.29 is 4.79 Å². The van der Waals surface area contributed by atoms with Gasteiger partial charge in [-0.05, 0) is 30.8 Å². The van der Waals surface area contributed by atoms with Crippen LogP contribution in [0.1, 0.15) is 28.8 Å². The second-order valence-corrected chi connectivity index (χ2v) is 6.44. The molecular weight excluding hydrogens is 280 g/mol. The smallest absolute Gasteiger partial charge is 0.231 e. The third-order valence-corrected chi connectivity index (χ3v) is 4.79. The maximum atomic E-state index is 11.8. The lowest BCUT2D eigenvalue weighted by Crippen LogP contribution is -2.13. The zero-order valence-electron chi connectivity index (χ0n) is 10.3. The molecule has 1 atom stereocenters. The summed E-state index contributed by atoms with van der Waals surface area (Å²) in [6.45, 7) is 1.03. The Morgan fingerprint density at radius 3 is 3.21 bits per heavy atom. The van der Waals surface area contributed by atoms with E-state index >= 15 is 0 Å². The van der Waals surface area contributed by atoms with Crippen LogP contribution in [0.3, 0.4) is 0 Å². The van der Waals surface area contributed by atoms with E-state index in [1.54, 1.807) is 11.3 Å². The van der Waals surface area contributed by atoms with E-state index in [0.717, 1.165) is 22.9 Å². The van der Waals surface area contributed by atoms with Crippen molar-refractivity contribution in [2.45, 2.75) is 25.3 Å². The van der Waals surface area contributed by atoms with Gasteiger partial charge in [-0.3, -0.25) is 4.79 Å². The molecule has 3 heterocycles. The lowest BCUT2D eigenvalue weighted by atomic mass is 10.2. The van der Waals surface area contributed by atoms with Crippen molar-refractivity contribution in [2.75, 3.05) is 11.9 Å². The first kappa shape index (κ1) is 12.7. The van der Waals surface area contributed by atoms with Crippen molar-refractivity contribution in [2.24, 2.45) is 0 Å². The highest BCUT2D eigenvalue weighted by molar-refractivity contribution is 7.15. The minimum absolute atomic E-state index is 0.0375. The lowest BCUT2D eigenvalue weighted by Gasteiger charge is -2.03. The van der Waals surface area contributed by atoms with Gasteiger partial charge in [0.25, 0.3) is 0 Å². The number of carbonyl (C=O) groups excluding carboxylic acids is 1. The third-order valence-electron chi connectivity index (χ3n) is 2.96. The predicted octanol–water partition coefficient (Wildman–Crippen LogP) is 2.21. The lowest BCUT2D eigenvalue weighted by molar-refractivity contribution is -0.115. The molecule has 1 fully saturated rings. The molecule has 5 nitrogen and oxygen atoms in total. The van der Waals surface area contributed by atoms with Crippen molar-refractivity contribution in [1.82, 2.24) is 15.5 Å². The van der Waals surface area contributed by atoms with Gasteiger partial charge in [0, 0.05) is 4.88 Å². The van der Waals surface area contributed by atoms with Crippen LogP contribution in [0.5, 0.6) is 0 Å². The Labute approximate surface area is 119 Å². The largest absolute Gasteiger partial charge is 0.308 e. The van der Waals surface area contributed by atoms with Crippen molar-refractivity contribution in [1.29, 1.82) is 0 Å². The zero-order chi connectivity index (χ0) is 13.1. The number of nitrogens with zero attached hydrogens (tertiary/aromatic N) is 2. The summed E-state index contributed by atoms with van der Waals surface area (Å²) in [4.78, 5) is 12.9. The number of anilines is 1. The quantitative estimate of drug-likeness (QED) is 0.907. The molecule has 2 N–H and O–H groups in total. The number of rotatable bonds is 4. The molecule has 0 saturated carbocycles. The van der Waals surface area contributed by atoms with Crippen LogP contribution < -0.4 is 10.6 Å². The van der Waals surface area contributed by atoms with E-state index in [1.165, 1.54) is 17.8 Å². The van der Waals surface area contributed by atoms with Gasteiger partial charge in [0.2, 0.25) is 11.0 Å². The van der Waals surface area contributed by atoms with E-state index in [-0.39, 0.29) is 5.91 Å². The molecule has 1 saturated heterocycles. The summed E-state index contributed by atoms with van der Waals surface area (Å²) in [7, 11) is 0. The Bertz CT molecular complexity index is 546. The molecule has 7 heteroatoms. The molecular formula is C12H14N4OS2. The van der Waals surface area contributed by atoms with Crippen LogP contribution in [-0.4, -0.2) is 22.6 Å². The molecule has 1 aliphatic heterocycles. The van der Waals surface area contributed by atoms with E-state index in [4.69, 9.17) is 0 Å². The highest BCUT2D eigenvalue weighted by Crippen LogP contribution is 2.27. The summed E-state index contributed by atoms with van der Waals surface area (Å²) < 4.78 is 0. The summed E-state index contributed by atoms with van der Waals surface area (Å²) in [6.07, 6.45) is 2.66. The monoisotopic (exact) mass is 294 g/mol. The van der Waals surface area contributed by atoms with Crippen molar-refractivity contribution >= 4 is 33.7 Å². The molecule has 0 bridgehead atoms. The molecule has 1 aliphatic rings. The van der Waals surface area contributed by atoms with Gasteiger partial charge in [-0.1, -0.05) is 17.4 Å². The molecule has 3 rings (SSSR count). The van der Waals surface area contributed by atoms with Crippen molar-refractivity contribution in [3.8, 4) is 0 Å². The SMILES string of the molecule is O=C(Cc1cccs1)Nc1nnc(C2CCCN2)s1. The van der Waals surface area contributed by atoms with Crippen LogP contribution in [0.15, 0.2) is 17.5 Å². The average molecular weight is 294 g/mol. The number of aromatic nitrogens is 2. The highest BCUT2D eigenvalue weighted by Gasteiger charge is 2.20. The van der Waals surface area contributed by atoms with Gasteiger partial charge in [0.05, 0.1) is 12.5 Å². The fourth-order valence-electron chi connectivity index (χ4n) is 2.06. The Hall–Kier alpha value is -1.31. The van der Waals surface area contributed by atoms with Gasteiger partial charge < -0.3 is 10.6 Å². The summed E-state index contributed by atoms with van der Waals surface area (Å²) >= 11 is 3.04. The normalized spacial score (nSPS) is 18.6. The maximum Gasteiger partial charge on any atom is 0.231 e. The zero-order valence-corrected chi connectivity index (χ0v) is 11.9. The molecule has 1 amide bonds. The van der Waals surface area contributed by atoms with Gasteiger partial charge in [0.1, 0.15) is 5.01 Å². The van der Waals surface area contributed by atoms with Crippen LogP contribution in [-0.2, 0) is 11.2 Å². The molecule has 0 radical (unpaired) electrons. The summed E-state index contributed by atoms with van der Waals surface area (Å²) in [5, 5.41) is 17.9. The van der Waals surface area contributed by atoms with Crippen molar-refractivity contribution in [3.05, 3.63) is 27.4 Å². The van der Waals surface area contributed by atoms with E-state index in [0.29, 0.717) is 17.6 Å². The van der Waals surface area contributed by atoms with E-state index in [9.17, 15) is 4.79 Å². The predicted molar refractivity (Wildman–Crippen MR) is 76.5 cm³/mol.